The lowest BCUT2D eigenvalue weighted by Gasteiger charge is -2.20. The minimum Gasteiger partial charge on any atom is -0.495 e. The van der Waals surface area contributed by atoms with E-state index in [2.05, 4.69) is 49.5 Å². The maximum absolute atomic E-state index is 6.11. The molecule has 0 aliphatic carbocycles. The second-order valence-electron chi connectivity index (χ2n) is 5.20. The molecule has 0 saturated carbocycles. The zero-order chi connectivity index (χ0) is 15.2. The molecule has 0 aromatic heterocycles. The summed E-state index contributed by atoms with van der Waals surface area (Å²) in [6.07, 6.45) is 0.945. The van der Waals surface area contributed by atoms with Crippen molar-refractivity contribution in [2.75, 3.05) is 13.7 Å². The van der Waals surface area contributed by atoms with E-state index in [1.807, 2.05) is 12.1 Å². The van der Waals surface area contributed by atoms with Gasteiger partial charge in [0.25, 0.3) is 0 Å². The van der Waals surface area contributed by atoms with E-state index >= 15 is 0 Å². The first kappa shape index (κ1) is 15.9. The van der Waals surface area contributed by atoms with Crippen molar-refractivity contribution < 1.29 is 4.74 Å². The topological polar surface area (TPSA) is 21.3 Å². The molecule has 1 atom stereocenters. The van der Waals surface area contributed by atoms with Gasteiger partial charge in [0.15, 0.2) is 0 Å². The first-order chi connectivity index (χ1) is 10.1. The fourth-order valence-corrected chi connectivity index (χ4v) is 2.72. The number of aryl methyl sites for hydroxylation is 1. The second kappa shape index (κ2) is 7.48. The van der Waals surface area contributed by atoms with Crippen molar-refractivity contribution >= 4 is 11.6 Å². The average Bonchev–Trinajstić information content (AvgIpc) is 2.47. The van der Waals surface area contributed by atoms with Gasteiger partial charge in [-0.05, 0) is 43.1 Å². The van der Waals surface area contributed by atoms with Crippen molar-refractivity contribution in [3.8, 4) is 5.75 Å². The molecule has 1 N–H and O–H groups in total. The molecule has 0 radical (unpaired) electrons. The number of benzene rings is 2. The van der Waals surface area contributed by atoms with E-state index in [4.69, 9.17) is 16.3 Å². The number of rotatable bonds is 6. The minimum atomic E-state index is 0.253. The van der Waals surface area contributed by atoms with Crippen LogP contribution in [-0.2, 0) is 6.42 Å². The van der Waals surface area contributed by atoms with Crippen molar-refractivity contribution in [1.82, 2.24) is 5.32 Å². The lowest BCUT2D eigenvalue weighted by Crippen LogP contribution is -2.23. The smallest absolute Gasteiger partial charge is 0.137 e. The van der Waals surface area contributed by atoms with Crippen LogP contribution in [0.25, 0.3) is 0 Å². The van der Waals surface area contributed by atoms with Crippen LogP contribution in [-0.4, -0.2) is 13.7 Å². The van der Waals surface area contributed by atoms with Gasteiger partial charge in [-0.3, -0.25) is 0 Å². The monoisotopic (exact) mass is 303 g/mol. The van der Waals surface area contributed by atoms with E-state index in [0.29, 0.717) is 5.02 Å². The van der Waals surface area contributed by atoms with Crippen LogP contribution in [0, 0.1) is 6.92 Å². The fourth-order valence-electron chi connectivity index (χ4n) is 2.52. The standard InChI is InChI=1S/C18H22ClNO/c1-4-20-17(11-14-7-5-6-13(2)10-14)15-8-9-16(19)18(12-15)21-3/h5-10,12,17,20H,4,11H2,1-3H3. The lowest BCUT2D eigenvalue weighted by molar-refractivity contribution is 0.413. The molecule has 0 heterocycles. The van der Waals surface area contributed by atoms with Gasteiger partial charge in [0.1, 0.15) is 5.75 Å². The van der Waals surface area contributed by atoms with Crippen LogP contribution < -0.4 is 10.1 Å². The molecule has 0 amide bonds. The van der Waals surface area contributed by atoms with Gasteiger partial charge in [-0.1, -0.05) is 54.4 Å². The Morgan fingerprint density at radius 3 is 2.67 bits per heavy atom. The molecule has 2 aromatic carbocycles. The molecule has 0 bridgehead atoms. The summed E-state index contributed by atoms with van der Waals surface area (Å²) >= 11 is 6.11. The highest BCUT2D eigenvalue weighted by Crippen LogP contribution is 2.29. The third kappa shape index (κ3) is 4.23. The molecule has 0 fully saturated rings. The van der Waals surface area contributed by atoms with Crippen molar-refractivity contribution in [1.29, 1.82) is 0 Å². The van der Waals surface area contributed by atoms with Gasteiger partial charge < -0.3 is 10.1 Å². The van der Waals surface area contributed by atoms with Gasteiger partial charge in [-0.2, -0.15) is 0 Å². The van der Waals surface area contributed by atoms with Crippen LogP contribution in [0.3, 0.4) is 0 Å². The normalized spacial score (nSPS) is 12.2. The molecule has 1 unspecified atom stereocenters. The highest BCUT2D eigenvalue weighted by molar-refractivity contribution is 6.32. The molecular formula is C18H22ClNO. The Labute approximate surface area is 132 Å². The molecule has 0 saturated heterocycles. The van der Waals surface area contributed by atoms with Crippen molar-refractivity contribution in [3.63, 3.8) is 0 Å². The first-order valence-electron chi connectivity index (χ1n) is 7.26. The molecule has 2 aromatic rings. The summed E-state index contributed by atoms with van der Waals surface area (Å²) in [5, 5.41) is 4.18. The number of nitrogens with one attached hydrogen (secondary N) is 1. The minimum absolute atomic E-state index is 0.253. The van der Waals surface area contributed by atoms with Crippen molar-refractivity contribution in [2.45, 2.75) is 26.3 Å². The van der Waals surface area contributed by atoms with Gasteiger partial charge >= 0.3 is 0 Å². The Balaban J connectivity index is 2.26. The zero-order valence-corrected chi connectivity index (χ0v) is 13.6. The predicted molar refractivity (Wildman–Crippen MR) is 89.3 cm³/mol. The van der Waals surface area contributed by atoms with Gasteiger partial charge in [-0.15, -0.1) is 0 Å². The molecule has 2 nitrogen and oxygen atoms in total. The van der Waals surface area contributed by atoms with E-state index in [9.17, 15) is 0 Å². The van der Waals surface area contributed by atoms with Crippen LogP contribution >= 0.6 is 11.6 Å². The summed E-state index contributed by atoms with van der Waals surface area (Å²) in [7, 11) is 1.65. The third-order valence-electron chi connectivity index (χ3n) is 3.55. The third-order valence-corrected chi connectivity index (χ3v) is 3.86. The van der Waals surface area contributed by atoms with E-state index in [0.717, 1.165) is 18.7 Å². The van der Waals surface area contributed by atoms with Crippen molar-refractivity contribution in [2.24, 2.45) is 0 Å². The van der Waals surface area contributed by atoms with E-state index in [1.54, 1.807) is 7.11 Å². The van der Waals surface area contributed by atoms with Crippen LogP contribution in [0.2, 0.25) is 5.02 Å². The van der Waals surface area contributed by atoms with E-state index < -0.39 is 0 Å². The summed E-state index contributed by atoms with van der Waals surface area (Å²) in [5.41, 5.74) is 3.81. The molecule has 0 aliphatic rings. The Morgan fingerprint density at radius 2 is 2.00 bits per heavy atom. The lowest BCUT2D eigenvalue weighted by atomic mass is 9.97. The SMILES string of the molecule is CCNC(Cc1cccc(C)c1)c1ccc(Cl)c(OC)c1. The number of ether oxygens (including phenoxy) is 1. The summed E-state index contributed by atoms with van der Waals surface area (Å²) in [5.74, 6) is 0.723. The number of hydrogen-bond donors (Lipinski definition) is 1. The molecule has 3 heteroatoms. The molecule has 112 valence electrons. The molecule has 2 rings (SSSR count). The number of likely N-dealkylation sites (N-methyl/N-ethyl adjacent to an activating group) is 1. The number of hydrogen-bond acceptors (Lipinski definition) is 2. The highest BCUT2D eigenvalue weighted by Gasteiger charge is 2.13. The fraction of sp³-hybridized carbons (Fsp3) is 0.333. The average molecular weight is 304 g/mol. The van der Waals surface area contributed by atoms with Gasteiger partial charge in [0, 0.05) is 6.04 Å². The van der Waals surface area contributed by atoms with E-state index in [-0.39, 0.29) is 6.04 Å². The second-order valence-corrected chi connectivity index (χ2v) is 5.60. The summed E-state index contributed by atoms with van der Waals surface area (Å²) in [6, 6.07) is 14.9. The molecule has 21 heavy (non-hydrogen) atoms. The van der Waals surface area contributed by atoms with Crippen molar-refractivity contribution in [3.05, 3.63) is 64.2 Å². The molecule has 0 spiro atoms. The Morgan fingerprint density at radius 1 is 1.19 bits per heavy atom. The molecular weight excluding hydrogens is 282 g/mol. The maximum atomic E-state index is 6.11. The Hall–Kier alpha value is -1.51. The number of halogens is 1. The summed E-state index contributed by atoms with van der Waals surface area (Å²) in [6.45, 7) is 5.16. The van der Waals surface area contributed by atoms with Crippen LogP contribution in [0.5, 0.6) is 5.75 Å². The highest BCUT2D eigenvalue weighted by atomic mass is 35.5. The van der Waals surface area contributed by atoms with Gasteiger partial charge in [0.05, 0.1) is 12.1 Å². The Bertz CT molecular complexity index is 598. The van der Waals surface area contributed by atoms with Crippen LogP contribution in [0.4, 0.5) is 0 Å². The molecule has 0 aliphatic heterocycles. The zero-order valence-electron chi connectivity index (χ0n) is 12.8. The van der Waals surface area contributed by atoms with Crippen LogP contribution in [0.1, 0.15) is 29.7 Å². The van der Waals surface area contributed by atoms with E-state index in [1.165, 1.54) is 16.7 Å². The number of methoxy groups -OCH3 is 1. The van der Waals surface area contributed by atoms with Gasteiger partial charge in [-0.25, -0.2) is 0 Å². The first-order valence-corrected chi connectivity index (χ1v) is 7.64. The predicted octanol–water partition coefficient (Wildman–Crippen LogP) is 4.55. The largest absolute Gasteiger partial charge is 0.495 e. The van der Waals surface area contributed by atoms with Crippen LogP contribution in [0.15, 0.2) is 42.5 Å². The summed E-state index contributed by atoms with van der Waals surface area (Å²) in [4.78, 5) is 0. The van der Waals surface area contributed by atoms with Gasteiger partial charge in [0.2, 0.25) is 0 Å². The summed E-state index contributed by atoms with van der Waals surface area (Å²) < 4.78 is 5.32. The maximum Gasteiger partial charge on any atom is 0.137 e. The Kier molecular flexibility index (Phi) is 5.66. The quantitative estimate of drug-likeness (QED) is 0.845.